The smallest absolute Gasteiger partial charge is 0.275 e. The molecule has 0 saturated heterocycles. The molecule has 0 aliphatic heterocycles. The van der Waals surface area contributed by atoms with Gasteiger partial charge in [-0.3, -0.25) is 4.79 Å². The van der Waals surface area contributed by atoms with Gasteiger partial charge in [0.2, 0.25) is 0 Å². The van der Waals surface area contributed by atoms with Crippen LogP contribution in [-0.2, 0) is 0 Å². The van der Waals surface area contributed by atoms with Gasteiger partial charge in [0.25, 0.3) is 5.91 Å². The Morgan fingerprint density at radius 2 is 2.00 bits per heavy atom. The van der Waals surface area contributed by atoms with E-state index >= 15 is 0 Å². The average molecular weight is 285 g/mol. The molecule has 110 valence electrons. The summed E-state index contributed by atoms with van der Waals surface area (Å²) >= 11 is 0. The normalized spacial score (nSPS) is 15.1. The SMILES string of the molecule is COc1cn(-c2ccccc2)nc1C(=O)NC1CCCC1. The van der Waals surface area contributed by atoms with E-state index in [1.54, 1.807) is 18.0 Å². The first-order chi connectivity index (χ1) is 10.3. The van der Waals surface area contributed by atoms with Crippen LogP contribution in [0.3, 0.4) is 0 Å². The molecule has 5 heteroatoms. The number of benzene rings is 1. The van der Waals surface area contributed by atoms with Gasteiger partial charge in [-0.1, -0.05) is 31.0 Å². The number of hydrogen-bond acceptors (Lipinski definition) is 3. The molecule has 1 aliphatic carbocycles. The Labute approximate surface area is 123 Å². The molecule has 0 spiro atoms. The molecule has 5 nitrogen and oxygen atoms in total. The van der Waals surface area contributed by atoms with Crippen LogP contribution in [0.15, 0.2) is 36.5 Å². The third-order valence-corrected chi connectivity index (χ3v) is 3.83. The number of nitrogens with zero attached hydrogens (tertiary/aromatic N) is 2. The Kier molecular flexibility index (Phi) is 3.90. The predicted octanol–water partition coefficient (Wildman–Crippen LogP) is 2.55. The summed E-state index contributed by atoms with van der Waals surface area (Å²) in [6.07, 6.45) is 6.20. The van der Waals surface area contributed by atoms with Crippen molar-refractivity contribution in [3.05, 3.63) is 42.2 Å². The summed E-state index contributed by atoms with van der Waals surface area (Å²) < 4.78 is 6.96. The highest BCUT2D eigenvalue weighted by atomic mass is 16.5. The first-order valence-electron chi connectivity index (χ1n) is 7.28. The Balaban J connectivity index is 1.84. The third kappa shape index (κ3) is 2.91. The van der Waals surface area contributed by atoms with Gasteiger partial charge < -0.3 is 10.1 Å². The van der Waals surface area contributed by atoms with Crippen LogP contribution in [0.2, 0.25) is 0 Å². The maximum atomic E-state index is 12.4. The molecule has 1 aliphatic rings. The second-order valence-corrected chi connectivity index (χ2v) is 5.28. The van der Waals surface area contributed by atoms with Crippen LogP contribution < -0.4 is 10.1 Å². The summed E-state index contributed by atoms with van der Waals surface area (Å²) in [5, 5.41) is 7.41. The summed E-state index contributed by atoms with van der Waals surface area (Å²) in [5.41, 5.74) is 1.24. The van der Waals surface area contributed by atoms with Crippen molar-refractivity contribution in [2.75, 3.05) is 7.11 Å². The van der Waals surface area contributed by atoms with E-state index in [0.717, 1.165) is 18.5 Å². The highest BCUT2D eigenvalue weighted by Crippen LogP contribution is 2.22. The molecule has 1 fully saturated rings. The van der Waals surface area contributed by atoms with Crippen LogP contribution in [-0.4, -0.2) is 28.8 Å². The summed E-state index contributed by atoms with van der Waals surface area (Å²) in [6.45, 7) is 0. The Morgan fingerprint density at radius 3 is 2.67 bits per heavy atom. The lowest BCUT2D eigenvalue weighted by Crippen LogP contribution is -2.33. The Bertz CT molecular complexity index is 616. The van der Waals surface area contributed by atoms with Gasteiger partial charge in [-0.15, -0.1) is 0 Å². The summed E-state index contributed by atoms with van der Waals surface area (Å²) in [4.78, 5) is 12.4. The number of ether oxygens (including phenoxy) is 1. The highest BCUT2D eigenvalue weighted by Gasteiger charge is 2.23. The molecule has 1 N–H and O–H groups in total. The molecule has 0 atom stereocenters. The zero-order valence-corrected chi connectivity index (χ0v) is 12.1. The van der Waals surface area contributed by atoms with Gasteiger partial charge in [0, 0.05) is 6.04 Å². The summed E-state index contributed by atoms with van der Waals surface area (Å²) in [7, 11) is 1.55. The van der Waals surface area contributed by atoms with E-state index in [9.17, 15) is 4.79 Å². The molecule has 1 amide bonds. The highest BCUT2D eigenvalue weighted by molar-refractivity contribution is 5.95. The lowest BCUT2D eigenvalue weighted by molar-refractivity contribution is 0.0929. The minimum atomic E-state index is -0.159. The van der Waals surface area contributed by atoms with Gasteiger partial charge >= 0.3 is 0 Å². The molecule has 3 rings (SSSR count). The van der Waals surface area contributed by atoms with Crippen LogP contribution in [0.1, 0.15) is 36.2 Å². The van der Waals surface area contributed by atoms with Crippen molar-refractivity contribution in [1.29, 1.82) is 0 Å². The minimum absolute atomic E-state index is 0.159. The predicted molar refractivity (Wildman–Crippen MR) is 79.8 cm³/mol. The number of methoxy groups -OCH3 is 1. The molecule has 1 aromatic carbocycles. The number of carbonyl (C=O) groups excluding carboxylic acids is 1. The fourth-order valence-corrected chi connectivity index (χ4v) is 2.70. The largest absolute Gasteiger partial charge is 0.493 e. The molecule has 0 unspecified atom stereocenters. The van der Waals surface area contributed by atoms with Gasteiger partial charge in [-0.2, -0.15) is 5.10 Å². The third-order valence-electron chi connectivity index (χ3n) is 3.83. The maximum absolute atomic E-state index is 12.4. The lowest BCUT2D eigenvalue weighted by Gasteiger charge is -2.10. The summed E-state index contributed by atoms with van der Waals surface area (Å²) in [5.74, 6) is 0.336. The van der Waals surface area contributed by atoms with Crippen LogP contribution in [0.4, 0.5) is 0 Å². The maximum Gasteiger partial charge on any atom is 0.275 e. The van der Waals surface area contributed by atoms with E-state index in [4.69, 9.17) is 4.74 Å². The van der Waals surface area contributed by atoms with E-state index in [1.807, 2.05) is 30.3 Å². The Morgan fingerprint density at radius 1 is 1.29 bits per heavy atom. The second kappa shape index (κ2) is 5.99. The number of amides is 1. The van der Waals surface area contributed by atoms with Gasteiger partial charge in [0.1, 0.15) is 0 Å². The molecule has 0 radical (unpaired) electrons. The van der Waals surface area contributed by atoms with Gasteiger partial charge in [0.15, 0.2) is 11.4 Å². The monoisotopic (exact) mass is 285 g/mol. The molecular formula is C16H19N3O2. The minimum Gasteiger partial charge on any atom is -0.493 e. The Hall–Kier alpha value is -2.30. The van der Waals surface area contributed by atoms with Crippen LogP contribution in [0.5, 0.6) is 5.75 Å². The van der Waals surface area contributed by atoms with Gasteiger partial charge in [-0.25, -0.2) is 4.68 Å². The van der Waals surface area contributed by atoms with Crippen molar-refractivity contribution < 1.29 is 9.53 Å². The van der Waals surface area contributed by atoms with Crippen LogP contribution in [0.25, 0.3) is 5.69 Å². The number of hydrogen-bond donors (Lipinski definition) is 1. The van der Waals surface area contributed by atoms with Gasteiger partial charge in [0.05, 0.1) is 19.0 Å². The van der Waals surface area contributed by atoms with Crippen LogP contribution in [0, 0.1) is 0 Å². The number of para-hydroxylation sites is 1. The average Bonchev–Trinajstić information content (AvgIpc) is 3.17. The summed E-state index contributed by atoms with van der Waals surface area (Å²) in [6, 6.07) is 9.95. The number of rotatable bonds is 4. The first-order valence-corrected chi connectivity index (χ1v) is 7.28. The molecule has 1 saturated carbocycles. The number of aromatic nitrogens is 2. The van der Waals surface area contributed by atoms with Crippen LogP contribution >= 0.6 is 0 Å². The molecule has 1 heterocycles. The van der Waals surface area contributed by atoms with E-state index in [-0.39, 0.29) is 11.9 Å². The molecule has 2 aromatic rings. The quantitative estimate of drug-likeness (QED) is 0.939. The fourth-order valence-electron chi connectivity index (χ4n) is 2.70. The topological polar surface area (TPSA) is 56.2 Å². The van der Waals surface area contributed by atoms with E-state index < -0.39 is 0 Å². The first kappa shape index (κ1) is 13.7. The second-order valence-electron chi connectivity index (χ2n) is 5.28. The molecule has 0 bridgehead atoms. The standard InChI is InChI=1S/C16H19N3O2/c1-21-14-11-19(13-9-3-2-4-10-13)18-15(14)16(20)17-12-7-5-6-8-12/h2-4,9-12H,5-8H2,1H3,(H,17,20). The fraction of sp³-hybridized carbons (Fsp3) is 0.375. The molecule has 1 aromatic heterocycles. The van der Waals surface area contributed by atoms with E-state index in [1.165, 1.54) is 12.8 Å². The van der Waals surface area contributed by atoms with Crippen molar-refractivity contribution in [2.45, 2.75) is 31.7 Å². The molecule has 21 heavy (non-hydrogen) atoms. The number of carbonyl (C=O) groups is 1. The van der Waals surface area contributed by atoms with Crippen molar-refractivity contribution in [1.82, 2.24) is 15.1 Å². The van der Waals surface area contributed by atoms with Crippen molar-refractivity contribution in [2.24, 2.45) is 0 Å². The number of nitrogens with one attached hydrogen (secondary N) is 1. The zero-order chi connectivity index (χ0) is 14.7. The lowest BCUT2D eigenvalue weighted by atomic mass is 10.2. The van der Waals surface area contributed by atoms with E-state index in [2.05, 4.69) is 10.4 Å². The van der Waals surface area contributed by atoms with Crippen molar-refractivity contribution in [3.8, 4) is 11.4 Å². The van der Waals surface area contributed by atoms with E-state index in [0.29, 0.717) is 11.4 Å². The molecular weight excluding hydrogens is 266 g/mol. The van der Waals surface area contributed by atoms with Crippen molar-refractivity contribution >= 4 is 5.91 Å². The van der Waals surface area contributed by atoms with Gasteiger partial charge in [-0.05, 0) is 25.0 Å². The zero-order valence-electron chi connectivity index (χ0n) is 12.1. The van der Waals surface area contributed by atoms with Crippen molar-refractivity contribution in [3.63, 3.8) is 0 Å².